The minimum atomic E-state index is -5.44. The second-order valence-corrected chi connectivity index (χ2v) is 11.1. The first-order valence-corrected chi connectivity index (χ1v) is 14.6. The monoisotopic (exact) mass is 758 g/mol. The van der Waals surface area contributed by atoms with Crippen molar-refractivity contribution in [1.29, 1.82) is 0 Å². The molecule has 3 rings (SSSR count). The Morgan fingerprint density at radius 2 is 1.06 bits per heavy atom. The highest BCUT2D eigenvalue weighted by Crippen LogP contribution is 2.46. The van der Waals surface area contributed by atoms with E-state index in [9.17, 15) is 66.6 Å². The van der Waals surface area contributed by atoms with Gasteiger partial charge in [-0.05, 0) is 0 Å². The zero-order valence-electron chi connectivity index (χ0n) is 25.6. The van der Waals surface area contributed by atoms with E-state index in [2.05, 4.69) is 9.64 Å². The summed E-state index contributed by atoms with van der Waals surface area (Å²) in [5.41, 5.74) is 0. The lowest BCUT2D eigenvalue weighted by Gasteiger charge is -2.29. The predicted octanol–water partition coefficient (Wildman–Crippen LogP) is 5.25. The fourth-order valence-corrected chi connectivity index (χ4v) is 4.09. The first-order valence-electron chi connectivity index (χ1n) is 14.6. The standard InChI is InChI=1S/C13H20F7NO3.C7H7F7O.C6H13NO2.CH4/c14-11(15,12(16,17)9-13(18,19)20)7-10(22)8-24-6-3-21-1-4-23-5-2-21;8-5(9,1-4-2-15-4)6(10,11)3-7(12,13)14;8-4-1-7-2-5-9-6-3-7;/h10,22H,1-9H2;4H,1-3H2;8H,1-6H2;1H4. The molecule has 0 aliphatic carbocycles. The normalized spacial score (nSPS) is 20.7. The van der Waals surface area contributed by atoms with Gasteiger partial charge in [0.05, 0.1) is 65.1 Å². The van der Waals surface area contributed by atoms with Crippen LogP contribution in [0.2, 0.25) is 0 Å². The smallest absolute Gasteiger partial charge is 0.395 e. The van der Waals surface area contributed by atoms with Crippen molar-refractivity contribution in [3.8, 4) is 0 Å². The molecule has 22 heteroatoms. The third-order valence-electron chi connectivity index (χ3n) is 6.78. The zero-order valence-corrected chi connectivity index (χ0v) is 25.6. The Labute approximate surface area is 274 Å². The maximum Gasteiger partial charge on any atom is 0.395 e. The summed E-state index contributed by atoms with van der Waals surface area (Å²) >= 11 is 0. The Morgan fingerprint density at radius 3 is 1.45 bits per heavy atom. The minimum Gasteiger partial charge on any atom is -0.395 e. The highest BCUT2D eigenvalue weighted by molar-refractivity contribution is 4.91. The second kappa shape index (κ2) is 20.7. The molecule has 3 aliphatic rings. The van der Waals surface area contributed by atoms with Crippen LogP contribution in [0.3, 0.4) is 0 Å². The molecule has 3 aliphatic heterocycles. The van der Waals surface area contributed by atoms with Crippen molar-refractivity contribution in [3.05, 3.63) is 0 Å². The molecule has 2 unspecified atom stereocenters. The summed E-state index contributed by atoms with van der Waals surface area (Å²) in [5, 5.41) is 17.9. The van der Waals surface area contributed by atoms with Crippen LogP contribution in [0, 0.1) is 0 Å². The van der Waals surface area contributed by atoms with Gasteiger partial charge in [0.1, 0.15) is 12.8 Å². The number of rotatable bonds is 15. The van der Waals surface area contributed by atoms with Crippen LogP contribution >= 0.6 is 0 Å². The summed E-state index contributed by atoms with van der Waals surface area (Å²) in [7, 11) is 0. The molecular weight excluding hydrogens is 714 g/mol. The maximum atomic E-state index is 13.3. The van der Waals surface area contributed by atoms with Crippen molar-refractivity contribution >= 4 is 0 Å². The van der Waals surface area contributed by atoms with Gasteiger partial charge in [-0.25, -0.2) is 0 Å². The topological polar surface area (TPSA) is 87.2 Å². The Balaban J connectivity index is 0.000000781. The summed E-state index contributed by atoms with van der Waals surface area (Å²) in [4.78, 5) is 4.16. The molecule has 2 N–H and O–H groups in total. The molecule has 0 aromatic heterocycles. The van der Waals surface area contributed by atoms with Gasteiger partial charge in [0.25, 0.3) is 0 Å². The Kier molecular flexibility index (Phi) is 20.1. The molecule has 0 saturated carbocycles. The molecule has 0 spiro atoms. The molecule has 2 atom stereocenters. The number of nitrogens with zero attached hydrogens (tertiary/aromatic N) is 2. The van der Waals surface area contributed by atoms with E-state index in [4.69, 9.17) is 19.3 Å². The lowest BCUT2D eigenvalue weighted by atomic mass is 10.0. The summed E-state index contributed by atoms with van der Waals surface area (Å²) in [6.45, 7) is 6.79. The van der Waals surface area contributed by atoms with E-state index in [-0.39, 0.29) is 27.2 Å². The van der Waals surface area contributed by atoms with E-state index in [0.717, 1.165) is 32.8 Å². The van der Waals surface area contributed by atoms with Crippen LogP contribution in [0.5, 0.6) is 0 Å². The first-order chi connectivity index (χ1) is 21.9. The van der Waals surface area contributed by atoms with E-state index >= 15 is 0 Å². The number of hydrogen-bond acceptors (Lipinski definition) is 8. The number of halogens is 14. The highest BCUT2D eigenvalue weighted by atomic mass is 19.4. The van der Waals surface area contributed by atoms with Crippen LogP contribution in [0.15, 0.2) is 0 Å². The Morgan fingerprint density at radius 1 is 0.653 bits per heavy atom. The van der Waals surface area contributed by atoms with Crippen LogP contribution in [0.4, 0.5) is 61.5 Å². The second-order valence-electron chi connectivity index (χ2n) is 11.1. The zero-order chi connectivity index (χ0) is 36.9. The van der Waals surface area contributed by atoms with E-state index in [0.29, 0.717) is 32.8 Å². The first kappa shape index (κ1) is 47.7. The van der Waals surface area contributed by atoms with Crippen molar-refractivity contribution in [2.75, 3.05) is 92.1 Å². The van der Waals surface area contributed by atoms with Gasteiger partial charge in [-0.2, -0.15) is 61.5 Å². The highest BCUT2D eigenvalue weighted by Gasteiger charge is 2.63. The third kappa shape index (κ3) is 20.4. The maximum absolute atomic E-state index is 13.3. The largest absolute Gasteiger partial charge is 0.395 e. The van der Waals surface area contributed by atoms with E-state index in [1.54, 1.807) is 0 Å². The molecular formula is C27H44F14N2O6. The summed E-state index contributed by atoms with van der Waals surface area (Å²) < 4.78 is 193. The third-order valence-corrected chi connectivity index (χ3v) is 6.78. The van der Waals surface area contributed by atoms with E-state index < -0.39 is 80.5 Å². The summed E-state index contributed by atoms with van der Waals surface area (Å²) in [6.07, 6.45) is -22.8. The van der Waals surface area contributed by atoms with Crippen molar-refractivity contribution in [2.24, 2.45) is 0 Å². The van der Waals surface area contributed by atoms with E-state index in [1.165, 1.54) is 0 Å². The van der Waals surface area contributed by atoms with Gasteiger partial charge >= 0.3 is 36.0 Å². The number of alkyl halides is 14. The van der Waals surface area contributed by atoms with Gasteiger partial charge in [-0.3, -0.25) is 9.80 Å². The molecule has 3 heterocycles. The molecule has 0 bridgehead atoms. The van der Waals surface area contributed by atoms with E-state index in [1.807, 2.05) is 4.90 Å². The van der Waals surface area contributed by atoms with Gasteiger partial charge in [0, 0.05) is 52.1 Å². The van der Waals surface area contributed by atoms with Gasteiger partial charge in [0.15, 0.2) is 0 Å². The van der Waals surface area contributed by atoms with Crippen molar-refractivity contribution in [2.45, 2.75) is 81.4 Å². The molecule has 3 fully saturated rings. The SMILES string of the molecule is C.FC(F)(F)CC(F)(F)C(F)(F)CC1CO1.OC(COCCN1CCOCC1)CC(F)(F)C(F)(F)CC(F)(F)F.OCCN1CCOCC1. The van der Waals surface area contributed by atoms with Crippen LogP contribution in [0.1, 0.15) is 33.1 Å². The molecule has 49 heavy (non-hydrogen) atoms. The molecule has 0 amide bonds. The van der Waals surface area contributed by atoms with Crippen molar-refractivity contribution in [1.82, 2.24) is 9.80 Å². The molecule has 8 nitrogen and oxygen atoms in total. The van der Waals surface area contributed by atoms with Crippen LogP contribution in [-0.2, 0) is 18.9 Å². The molecule has 0 radical (unpaired) electrons. The average molecular weight is 759 g/mol. The fraction of sp³-hybridized carbons (Fsp3) is 1.00. The minimum absolute atomic E-state index is 0. The van der Waals surface area contributed by atoms with Gasteiger partial charge < -0.3 is 29.2 Å². The van der Waals surface area contributed by atoms with Crippen molar-refractivity contribution < 1.29 is 90.6 Å². The van der Waals surface area contributed by atoms with Crippen LogP contribution < -0.4 is 0 Å². The molecule has 3 saturated heterocycles. The van der Waals surface area contributed by atoms with Gasteiger partial charge in [-0.15, -0.1) is 0 Å². The number of β-amino-alcohol motifs (C(OH)–C–C–N with tert-alkyl or cyclic N) is 1. The predicted molar refractivity (Wildman–Crippen MR) is 145 cm³/mol. The lowest BCUT2D eigenvalue weighted by Crippen LogP contribution is -2.46. The number of epoxide rings is 1. The Bertz CT molecular complexity index is 880. The number of morpholine rings is 2. The number of aliphatic hydroxyl groups excluding tert-OH is 2. The molecule has 296 valence electrons. The van der Waals surface area contributed by atoms with Crippen LogP contribution in [-0.4, -0.2) is 160 Å². The van der Waals surface area contributed by atoms with Crippen LogP contribution in [0.25, 0.3) is 0 Å². The van der Waals surface area contributed by atoms with Gasteiger partial charge in [-0.1, -0.05) is 7.43 Å². The average Bonchev–Trinajstić information content (AvgIpc) is 3.74. The fourth-order valence-electron chi connectivity index (χ4n) is 4.09. The summed E-state index contributed by atoms with van der Waals surface area (Å²) in [5.74, 6) is -20.1. The summed E-state index contributed by atoms with van der Waals surface area (Å²) in [6, 6.07) is 0. The Hall–Kier alpha value is -1.30. The van der Waals surface area contributed by atoms with Crippen molar-refractivity contribution in [3.63, 3.8) is 0 Å². The quantitative estimate of drug-likeness (QED) is 0.133. The van der Waals surface area contributed by atoms with Gasteiger partial charge in [0.2, 0.25) is 0 Å². The lowest BCUT2D eigenvalue weighted by molar-refractivity contribution is -0.271. The number of hydrogen-bond donors (Lipinski definition) is 2. The number of ether oxygens (including phenoxy) is 4. The molecule has 0 aromatic rings. The molecule has 0 aromatic carbocycles. The number of aliphatic hydroxyl groups is 2.